The van der Waals surface area contributed by atoms with Gasteiger partial charge in [0.2, 0.25) is 0 Å². The lowest BCUT2D eigenvalue weighted by atomic mass is 9.84. The third kappa shape index (κ3) is 4.29. The average molecular weight is 268 g/mol. The van der Waals surface area contributed by atoms with Crippen molar-refractivity contribution in [3.05, 3.63) is 33.8 Å². The molecule has 0 fully saturated rings. The summed E-state index contributed by atoms with van der Waals surface area (Å²) in [4.78, 5) is 0. The number of hydrogen-bond acceptors (Lipinski definition) is 1. The van der Waals surface area contributed by atoms with Gasteiger partial charge in [-0.15, -0.1) is 0 Å². The first-order valence-corrected chi connectivity index (χ1v) is 7.14. The van der Waals surface area contributed by atoms with E-state index in [1.807, 2.05) is 0 Å². The summed E-state index contributed by atoms with van der Waals surface area (Å²) in [6.45, 7) is 10.8. The van der Waals surface area contributed by atoms with E-state index < -0.39 is 0 Å². The number of rotatable bonds is 4. The second kappa shape index (κ2) is 6.08. The maximum Gasteiger partial charge on any atom is 0.0472 e. The molecule has 0 aromatic heterocycles. The van der Waals surface area contributed by atoms with Crippen LogP contribution in [0.25, 0.3) is 0 Å². The maximum absolute atomic E-state index is 6.41. The van der Waals surface area contributed by atoms with Crippen LogP contribution < -0.4 is 5.73 Å². The summed E-state index contributed by atoms with van der Waals surface area (Å²) in [5.74, 6) is 0. The smallest absolute Gasteiger partial charge is 0.0472 e. The van der Waals surface area contributed by atoms with Gasteiger partial charge in [-0.2, -0.15) is 0 Å². The molecule has 0 aliphatic heterocycles. The summed E-state index contributed by atoms with van der Waals surface area (Å²) < 4.78 is 0. The van der Waals surface area contributed by atoms with Gasteiger partial charge in [0.1, 0.15) is 0 Å². The Balaban J connectivity index is 2.91. The summed E-state index contributed by atoms with van der Waals surface area (Å²) in [5, 5.41) is 0.915. The highest BCUT2D eigenvalue weighted by Gasteiger charge is 2.19. The lowest BCUT2D eigenvalue weighted by Gasteiger charge is -2.23. The van der Waals surface area contributed by atoms with E-state index >= 15 is 0 Å². The van der Waals surface area contributed by atoms with Crippen LogP contribution in [0.3, 0.4) is 0 Å². The Kier molecular flexibility index (Phi) is 5.24. The first kappa shape index (κ1) is 15.5. The van der Waals surface area contributed by atoms with Gasteiger partial charge in [0, 0.05) is 11.1 Å². The number of nitrogens with two attached hydrogens (primary N) is 1. The van der Waals surface area contributed by atoms with Gasteiger partial charge in [0.25, 0.3) is 0 Å². The molecule has 0 saturated carbocycles. The Hall–Kier alpha value is -0.530. The lowest BCUT2D eigenvalue weighted by molar-refractivity contribution is 0.586. The molecule has 0 aliphatic carbocycles. The third-order valence-corrected chi connectivity index (χ3v) is 3.75. The van der Waals surface area contributed by atoms with Crippen molar-refractivity contribution in [1.82, 2.24) is 0 Å². The van der Waals surface area contributed by atoms with Crippen molar-refractivity contribution >= 4 is 11.6 Å². The Morgan fingerprint density at radius 1 is 1.28 bits per heavy atom. The van der Waals surface area contributed by atoms with Crippen molar-refractivity contribution < 1.29 is 0 Å². The molecule has 1 rings (SSSR count). The van der Waals surface area contributed by atoms with E-state index in [-0.39, 0.29) is 5.41 Å². The molecule has 2 heteroatoms. The largest absolute Gasteiger partial charge is 0.328 e. The number of hydrogen-bond donors (Lipinski definition) is 1. The molecule has 1 atom stereocenters. The van der Waals surface area contributed by atoms with Crippen LogP contribution >= 0.6 is 11.6 Å². The van der Waals surface area contributed by atoms with Crippen LogP contribution in [0.4, 0.5) is 0 Å². The number of aryl methyl sites for hydroxylation is 2. The van der Waals surface area contributed by atoms with Crippen LogP contribution in [0.2, 0.25) is 5.02 Å². The quantitative estimate of drug-likeness (QED) is 0.847. The monoisotopic (exact) mass is 267 g/mol. The third-order valence-electron chi connectivity index (χ3n) is 3.25. The van der Waals surface area contributed by atoms with Crippen LogP contribution in [0, 0.1) is 6.92 Å². The highest BCUT2D eigenvalue weighted by Crippen LogP contribution is 2.33. The molecule has 0 heterocycles. The van der Waals surface area contributed by atoms with Gasteiger partial charge in [-0.3, -0.25) is 0 Å². The molecule has 2 N–H and O–H groups in total. The first-order chi connectivity index (χ1) is 8.21. The van der Waals surface area contributed by atoms with Crippen molar-refractivity contribution in [2.45, 2.75) is 65.3 Å². The second-order valence-corrected chi connectivity index (χ2v) is 6.77. The normalized spacial score (nSPS) is 13.7. The summed E-state index contributed by atoms with van der Waals surface area (Å²) in [6.07, 6.45) is 3.30. The molecule has 0 bridgehead atoms. The second-order valence-electron chi connectivity index (χ2n) is 6.39. The minimum atomic E-state index is 0.0962. The van der Waals surface area contributed by atoms with Crippen LogP contribution in [-0.2, 0) is 11.8 Å². The molecule has 0 radical (unpaired) electrons. The predicted molar refractivity (Wildman–Crippen MR) is 81.5 cm³/mol. The minimum Gasteiger partial charge on any atom is -0.328 e. The zero-order valence-corrected chi connectivity index (χ0v) is 13.1. The van der Waals surface area contributed by atoms with Crippen LogP contribution in [0.15, 0.2) is 12.1 Å². The average Bonchev–Trinajstić information content (AvgIpc) is 2.20. The fourth-order valence-corrected chi connectivity index (χ4v) is 2.56. The Morgan fingerprint density at radius 2 is 1.89 bits per heavy atom. The predicted octanol–water partition coefficient (Wildman–Crippen LogP) is 4.62. The van der Waals surface area contributed by atoms with Gasteiger partial charge < -0.3 is 5.73 Å². The Morgan fingerprint density at radius 3 is 2.39 bits per heavy atom. The summed E-state index contributed by atoms with van der Waals surface area (Å²) in [6, 6.07) is 4.76. The van der Waals surface area contributed by atoms with Crippen LogP contribution in [0.1, 0.15) is 57.2 Å². The van der Waals surface area contributed by atoms with Crippen molar-refractivity contribution in [3.8, 4) is 0 Å². The van der Waals surface area contributed by atoms with Crippen LogP contribution in [-0.4, -0.2) is 6.04 Å². The molecule has 1 aromatic rings. The molecule has 0 spiro atoms. The van der Waals surface area contributed by atoms with Gasteiger partial charge in [-0.05, 0) is 55.2 Å². The standard InChI is InChI=1S/C16H26ClN/c1-11-9-13(8-6-7-12(2)18)10-14(15(11)17)16(3,4)5/h9-10,12H,6-8,18H2,1-5H3/t12-/m0/s1. The topological polar surface area (TPSA) is 26.0 Å². The summed E-state index contributed by atoms with van der Waals surface area (Å²) in [7, 11) is 0. The van der Waals surface area contributed by atoms with E-state index in [1.165, 1.54) is 16.7 Å². The van der Waals surface area contributed by atoms with E-state index in [9.17, 15) is 0 Å². The lowest BCUT2D eigenvalue weighted by Crippen LogP contribution is -2.15. The summed E-state index contributed by atoms with van der Waals surface area (Å²) >= 11 is 6.41. The SMILES string of the molecule is Cc1cc(CCC[C@H](C)N)cc(C(C)(C)C)c1Cl. The zero-order chi connectivity index (χ0) is 13.9. The fourth-order valence-electron chi connectivity index (χ4n) is 2.16. The van der Waals surface area contributed by atoms with Crippen LogP contribution in [0.5, 0.6) is 0 Å². The van der Waals surface area contributed by atoms with Crippen molar-refractivity contribution in [2.24, 2.45) is 5.73 Å². The van der Waals surface area contributed by atoms with E-state index in [4.69, 9.17) is 17.3 Å². The number of halogens is 1. The molecule has 102 valence electrons. The van der Waals surface area contributed by atoms with Gasteiger partial charge >= 0.3 is 0 Å². The van der Waals surface area contributed by atoms with Crippen molar-refractivity contribution in [3.63, 3.8) is 0 Å². The van der Waals surface area contributed by atoms with Crippen molar-refractivity contribution in [1.29, 1.82) is 0 Å². The molecular weight excluding hydrogens is 242 g/mol. The Labute approximate surface area is 117 Å². The zero-order valence-electron chi connectivity index (χ0n) is 12.3. The molecule has 18 heavy (non-hydrogen) atoms. The molecule has 0 amide bonds. The molecule has 1 nitrogen and oxygen atoms in total. The molecule has 0 aliphatic rings. The molecule has 1 aromatic carbocycles. The van der Waals surface area contributed by atoms with Gasteiger partial charge in [-0.1, -0.05) is 44.5 Å². The highest BCUT2D eigenvalue weighted by molar-refractivity contribution is 6.32. The van der Waals surface area contributed by atoms with E-state index in [0.29, 0.717) is 6.04 Å². The molecule has 0 saturated heterocycles. The van der Waals surface area contributed by atoms with Gasteiger partial charge in [-0.25, -0.2) is 0 Å². The fraction of sp³-hybridized carbons (Fsp3) is 0.625. The first-order valence-electron chi connectivity index (χ1n) is 6.77. The van der Waals surface area contributed by atoms with E-state index in [2.05, 4.69) is 46.8 Å². The highest BCUT2D eigenvalue weighted by atomic mass is 35.5. The maximum atomic E-state index is 6.41. The van der Waals surface area contributed by atoms with Gasteiger partial charge in [0.15, 0.2) is 0 Å². The minimum absolute atomic E-state index is 0.0962. The van der Waals surface area contributed by atoms with Gasteiger partial charge in [0.05, 0.1) is 0 Å². The van der Waals surface area contributed by atoms with Crippen molar-refractivity contribution in [2.75, 3.05) is 0 Å². The van der Waals surface area contributed by atoms with E-state index in [1.54, 1.807) is 0 Å². The summed E-state index contributed by atoms with van der Waals surface area (Å²) in [5.41, 5.74) is 9.69. The Bertz CT molecular complexity index is 402. The molecule has 0 unspecified atom stereocenters. The van der Waals surface area contributed by atoms with E-state index in [0.717, 1.165) is 24.3 Å². The number of benzene rings is 1. The molecular formula is C16H26ClN.